The third kappa shape index (κ3) is 3.46. The lowest BCUT2D eigenvalue weighted by molar-refractivity contribution is -0.0498. The lowest BCUT2D eigenvalue weighted by atomic mass is 10.2. The third-order valence-electron chi connectivity index (χ3n) is 3.36. The van der Waals surface area contributed by atoms with Crippen LogP contribution in [0.15, 0.2) is 59.4 Å². The van der Waals surface area contributed by atoms with Gasteiger partial charge in [-0.2, -0.15) is 8.78 Å². The Bertz CT molecular complexity index is 873. The summed E-state index contributed by atoms with van der Waals surface area (Å²) in [4.78, 5) is 12.7. The molecule has 1 aromatic heterocycles. The molecule has 4 nitrogen and oxygen atoms in total. The van der Waals surface area contributed by atoms with Gasteiger partial charge in [0.15, 0.2) is 0 Å². The van der Waals surface area contributed by atoms with Gasteiger partial charge in [-0.3, -0.25) is 8.75 Å². The van der Waals surface area contributed by atoms with Crippen molar-refractivity contribution < 1.29 is 18.6 Å². The highest BCUT2D eigenvalue weighted by atomic mass is 32.1. The Labute approximate surface area is 140 Å². The van der Waals surface area contributed by atoms with E-state index in [-0.39, 0.29) is 18.0 Å². The molecule has 124 valence electrons. The van der Waals surface area contributed by atoms with Crippen molar-refractivity contribution in [1.82, 2.24) is 3.96 Å². The summed E-state index contributed by atoms with van der Waals surface area (Å²) in [5.74, 6) is -0.232. The first-order valence-corrected chi connectivity index (χ1v) is 7.84. The van der Waals surface area contributed by atoms with Gasteiger partial charge in [0.1, 0.15) is 5.75 Å². The van der Waals surface area contributed by atoms with Gasteiger partial charge in [-0.15, -0.1) is 0 Å². The highest BCUT2D eigenvalue weighted by Crippen LogP contribution is 2.31. The first kappa shape index (κ1) is 16.2. The Morgan fingerprint density at radius 1 is 1.08 bits per heavy atom. The van der Waals surface area contributed by atoms with Gasteiger partial charge in [-0.1, -0.05) is 54.0 Å². The molecule has 0 aliphatic rings. The molecule has 0 bridgehead atoms. The van der Waals surface area contributed by atoms with Crippen LogP contribution in [0.4, 0.5) is 8.78 Å². The van der Waals surface area contributed by atoms with Crippen LogP contribution >= 0.6 is 11.5 Å². The van der Waals surface area contributed by atoms with Crippen molar-refractivity contribution in [2.24, 2.45) is 0 Å². The standard InChI is InChI=1S/C17H13F2NO3S/c18-17(19)23-13-8-6-11(7-9-13)10-20-16(22)14(21)15(24-20)12-4-2-1-3-5-12/h1-9,17,21H,10H2. The lowest BCUT2D eigenvalue weighted by Crippen LogP contribution is -2.13. The predicted molar refractivity (Wildman–Crippen MR) is 87.9 cm³/mol. The van der Waals surface area contributed by atoms with Crippen molar-refractivity contribution >= 4 is 11.5 Å². The molecule has 0 unspecified atom stereocenters. The van der Waals surface area contributed by atoms with Gasteiger partial charge in [0.2, 0.25) is 5.75 Å². The van der Waals surface area contributed by atoms with Gasteiger partial charge in [-0.25, -0.2) is 0 Å². The number of alkyl halides is 2. The molecule has 0 saturated carbocycles. The molecule has 0 amide bonds. The van der Waals surface area contributed by atoms with Crippen LogP contribution < -0.4 is 10.3 Å². The zero-order chi connectivity index (χ0) is 17.1. The van der Waals surface area contributed by atoms with Gasteiger partial charge in [0.05, 0.1) is 11.4 Å². The summed E-state index contributed by atoms with van der Waals surface area (Å²) in [6, 6.07) is 15.2. The average molecular weight is 349 g/mol. The van der Waals surface area contributed by atoms with Crippen molar-refractivity contribution in [3.05, 3.63) is 70.5 Å². The summed E-state index contributed by atoms with van der Waals surface area (Å²) in [5, 5.41) is 10.1. The minimum absolute atomic E-state index is 0.0556. The molecule has 1 N–H and O–H groups in total. The average Bonchev–Trinajstić information content (AvgIpc) is 2.85. The highest BCUT2D eigenvalue weighted by Gasteiger charge is 2.15. The molecule has 0 spiro atoms. The van der Waals surface area contributed by atoms with E-state index in [0.717, 1.165) is 22.7 Å². The Kier molecular flexibility index (Phi) is 4.61. The summed E-state index contributed by atoms with van der Waals surface area (Å²) >= 11 is 1.15. The van der Waals surface area contributed by atoms with Crippen LogP contribution in [0, 0.1) is 0 Å². The number of aromatic nitrogens is 1. The minimum Gasteiger partial charge on any atom is -0.502 e. The molecule has 0 radical (unpaired) electrons. The molecule has 0 atom stereocenters. The molecule has 7 heteroatoms. The molecule has 0 aliphatic carbocycles. The molecular formula is C17H13F2NO3S. The van der Waals surface area contributed by atoms with Crippen LogP contribution in [0.2, 0.25) is 0 Å². The highest BCUT2D eigenvalue weighted by molar-refractivity contribution is 7.10. The van der Waals surface area contributed by atoms with Crippen LogP contribution in [-0.2, 0) is 6.54 Å². The quantitative estimate of drug-likeness (QED) is 0.759. The van der Waals surface area contributed by atoms with Gasteiger partial charge in [0.25, 0.3) is 0 Å². The van der Waals surface area contributed by atoms with E-state index in [4.69, 9.17) is 0 Å². The van der Waals surface area contributed by atoms with Crippen LogP contribution in [0.3, 0.4) is 0 Å². The minimum atomic E-state index is -2.87. The van der Waals surface area contributed by atoms with Crippen LogP contribution in [0.1, 0.15) is 5.56 Å². The Hall–Kier alpha value is -2.67. The second-order valence-electron chi connectivity index (χ2n) is 5.00. The van der Waals surface area contributed by atoms with Crippen LogP contribution in [-0.4, -0.2) is 15.7 Å². The normalized spacial score (nSPS) is 11.0. The molecule has 0 aliphatic heterocycles. The maximum atomic E-state index is 12.2. The smallest absolute Gasteiger partial charge is 0.387 e. The molecule has 24 heavy (non-hydrogen) atoms. The Balaban J connectivity index is 1.85. The monoisotopic (exact) mass is 349 g/mol. The maximum Gasteiger partial charge on any atom is 0.387 e. The van der Waals surface area contributed by atoms with Crippen molar-refractivity contribution in [3.63, 3.8) is 0 Å². The van der Waals surface area contributed by atoms with E-state index in [1.807, 2.05) is 30.3 Å². The van der Waals surface area contributed by atoms with Crippen molar-refractivity contribution in [2.75, 3.05) is 0 Å². The number of rotatable bonds is 5. The van der Waals surface area contributed by atoms with Crippen molar-refractivity contribution in [2.45, 2.75) is 13.2 Å². The number of hydrogen-bond acceptors (Lipinski definition) is 4. The van der Waals surface area contributed by atoms with Crippen molar-refractivity contribution in [1.29, 1.82) is 0 Å². The van der Waals surface area contributed by atoms with E-state index >= 15 is 0 Å². The zero-order valence-electron chi connectivity index (χ0n) is 12.4. The lowest BCUT2D eigenvalue weighted by Gasteiger charge is -2.05. The fourth-order valence-electron chi connectivity index (χ4n) is 2.24. The number of nitrogens with zero attached hydrogens (tertiary/aromatic N) is 1. The van der Waals surface area contributed by atoms with E-state index in [1.54, 1.807) is 12.1 Å². The maximum absolute atomic E-state index is 12.2. The second kappa shape index (κ2) is 6.84. The zero-order valence-corrected chi connectivity index (χ0v) is 13.2. The Morgan fingerprint density at radius 2 is 1.75 bits per heavy atom. The number of aromatic hydroxyl groups is 1. The molecule has 3 aromatic rings. The molecule has 0 fully saturated rings. The van der Waals surface area contributed by atoms with Gasteiger partial charge in [0, 0.05) is 0 Å². The molecule has 0 saturated heterocycles. The Morgan fingerprint density at radius 3 is 2.38 bits per heavy atom. The van der Waals surface area contributed by atoms with E-state index < -0.39 is 12.2 Å². The van der Waals surface area contributed by atoms with Gasteiger partial charge in [-0.05, 0) is 23.3 Å². The largest absolute Gasteiger partial charge is 0.502 e. The number of benzene rings is 2. The topological polar surface area (TPSA) is 51.5 Å². The van der Waals surface area contributed by atoms with Crippen molar-refractivity contribution in [3.8, 4) is 21.9 Å². The summed E-state index contributed by atoms with van der Waals surface area (Å²) in [7, 11) is 0. The van der Waals surface area contributed by atoms with Gasteiger partial charge >= 0.3 is 12.2 Å². The summed E-state index contributed by atoms with van der Waals surface area (Å²) in [6.07, 6.45) is 0. The van der Waals surface area contributed by atoms with Crippen LogP contribution in [0.5, 0.6) is 11.5 Å². The third-order valence-corrected chi connectivity index (χ3v) is 4.48. The van der Waals surface area contributed by atoms with E-state index in [2.05, 4.69) is 4.74 Å². The van der Waals surface area contributed by atoms with E-state index in [1.165, 1.54) is 16.1 Å². The molecule has 1 heterocycles. The van der Waals surface area contributed by atoms with E-state index in [0.29, 0.717) is 4.88 Å². The summed E-state index contributed by atoms with van der Waals surface area (Å²) in [6.45, 7) is -2.64. The van der Waals surface area contributed by atoms with E-state index in [9.17, 15) is 18.7 Å². The SMILES string of the molecule is O=c1c(O)c(-c2ccccc2)sn1Cc1ccc(OC(F)F)cc1. The molecule has 2 aromatic carbocycles. The van der Waals surface area contributed by atoms with Crippen LogP contribution in [0.25, 0.3) is 10.4 Å². The predicted octanol–water partition coefficient (Wildman–Crippen LogP) is 3.93. The first-order chi connectivity index (χ1) is 11.5. The first-order valence-electron chi connectivity index (χ1n) is 7.07. The summed E-state index contributed by atoms with van der Waals surface area (Å²) in [5.41, 5.74) is 1.02. The number of halogens is 2. The fourth-order valence-corrected chi connectivity index (χ4v) is 3.25. The number of hydrogen-bond donors (Lipinski definition) is 1. The second-order valence-corrected chi connectivity index (χ2v) is 6.03. The number of ether oxygens (including phenoxy) is 1. The molecule has 3 rings (SSSR count). The summed E-state index contributed by atoms with van der Waals surface area (Å²) < 4.78 is 30.0. The molecular weight excluding hydrogens is 336 g/mol. The van der Waals surface area contributed by atoms with Gasteiger partial charge < -0.3 is 9.84 Å². The fraction of sp³-hybridized carbons (Fsp3) is 0.118.